The zero-order valence-electron chi connectivity index (χ0n) is 21.4. The van der Waals surface area contributed by atoms with Crippen LogP contribution in [0.25, 0.3) is 22.3 Å². The van der Waals surface area contributed by atoms with E-state index >= 15 is 0 Å². The second-order valence-corrected chi connectivity index (χ2v) is 9.69. The Morgan fingerprint density at radius 3 is 2.62 bits per heavy atom. The molecule has 1 fully saturated rings. The van der Waals surface area contributed by atoms with Gasteiger partial charge in [-0.05, 0) is 43.9 Å². The molecular weight excluding hydrogens is 502 g/mol. The molecule has 0 radical (unpaired) electrons. The second kappa shape index (κ2) is 10.4. The molecule has 5 aromatic rings. The Balaban J connectivity index is 1.16. The molecule has 6 rings (SSSR count). The Labute approximate surface area is 223 Å². The summed E-state index contributed by atoms with van der Waals surface area (Å²) in [5.41, 5.74) is 9.28. The number of para-hydroxylation sites is 1. The van der Waals surface area contributed by atoms with Gasteiger partial charge in [0.15, 0.2) is 0 Å². The number of anilines is 3. The number of nitrogens with zero attached hydrogens (tertiary/aromatic N) is 7. The van der Waals surface area contributed by atoms with E-state index in [1.54, 1.807) is 6.33 Å². The lowest BCUT2D eigenvalue weighted by Gasteiger charge is -2.37. The zero-order chi connectivity index (χ0) is 26.9. The van der Waals surface area contributed by atoms with Crippen LogP contribution in [-0.4, -0.2) is 54.3 Å². The maximum Gasteiger partial charge on any atom is 0.149 e. The van der Waals surface area contributed by atoms with Crippen LogP contribution in [0.1, 0.15) is 24.4 Å². The molecule has 0 saturated carbocycles. The number of rotatable bonds is 7. The molecule has 1 aromatic carbocycles. The van der Waals surface area contributed by atoms with Gasteiger partial charge in [0, 0.05) is 48.5 Å². The summed E-state index contributed by atoms with van der Waals surface area (Å²) in [6, 6.07) is 5.74. The number of H-pyrrole nitrogens is 1. The number of benzene rings is 1. The van der Waals surface area contributed by atoms with E-state index in [-0.39, 0.29) is 11.7 Å². The van der Waals surface area contributed by atoms with Crippen LogP contribution in [0.3, 0.4) is 0 Å². The first-order valence-electron chi connectivity index (χ1n) is 12.8. The van der Waals surface area contributed by atoms with E-state index in [0.29, 0.717) is 18.3 Å². The number of hydrogen-bond donors (Lipinski definition) is 3. The van der Waals surface area contributed by atoms with Crippen LogP contribution in [-0.2, 0) is 0 Å². The number of hydrogen-bond acceptors (Lipinski definition) is 8. The lowest BCUT2D eigenvalue weighted by molar-refractivity contribution is 0.262. The first-order chi connectivity index (χ1) is 19.0. The van der Waals surface area contributed by atoms with Crippen LogP contribution in [0, 0.1) is 24.5 Å². The highest BCUT2D eigenvalue weighted by Gasteiger charge is 2.29. The molecule has 4 aromatic heterocycles. The Bertz CT molecular complexity index is 1590. The molecule has 200 valence electrons. The van der Waals surface area contributed by atoms with Crippen molar-refractivity contribution in [2.75, 3.05) is 29.9 Å². The van der Waals surface area contributed by atoms with E-state index in [2.05, 4.69) is 40.2 Å². The number of fused-ring (bicyclic) bond motifs is 1. The predicted molar refractivity (Wildman–Crippen MR) is 145 cm³/mol. The number of aromatic nitrogens is 7. The third-order valence-electron chi connectivity index (χ3n) is 7.46. The van der Waals surface area contributed by atoms with Gasteiger partial charge in [-0.1, -0.05) is 6.07 Å². The molecule has 0 amide bonds. The van der Waals surface area contributed by atoms with Gasteiger partial charge in [0.25, 0.3) is 0 Å². The quantitative estimate of drug-likeness (QED) is 0.283. The summed E-state index contributed by atoms with van der Waals surface area (Å²) in [6.45, 7) is 3.84. The van der Waals surface area contributed by atoms with Crippen molar-refractivity contribution in [3.63, 3.8) is 0 Å². The highest BCUT2D eigenvalue weighted by atomic mass is 19.1. The molecule has 0 spiro atoms. The lowest BCUT2D eigenvalue weighted by Crippen LogP contribution is -2.39. The van der Waals surface area contributed by atoms with Crippen LogP contribution >= 0.6 is 0 Å². The minimum Gasteiger partial charge on any atom is -0.356 e. The van der Waals surface area contributed by atoms with Crippen molar-refractivity contribution in [3.8, 4) is 11.3 Å². The molecular formula is C27H28F2N10. The molecule has 1 aliphatic rings. The molecule has 12 heteroatoms. The maximum absolute atomic E-state index is 14.2. The lowest BCUT2D eigenvalue weighted by atomic mass is 9.89. The van der Waals surface area contributed by atoms with E-state index in [1.165, 1.54) is 24.5 Å². The molecule has 1 aliphatic heterocycles. The molecule has 1 atom stereocenters. The maximum atomic E-state index is 14.2. The van der Waals surface area contributed by atoms with Crippen LogP contribution in [0.4, 0.5) is 26.1 Å². The Hall–Kier alpha value is -4.45. The van der Waals surface area contributed by atoms with Crippen LogP contribution in [0.2, 0.25) is 0 Å². The van der Waals surface area contributed by atoms with Crippen LogP contribution in [0.15, 0.2) is 55.5 Å². The molecule has 5 heterocycles. The van der Waals surface area contributed by atoms with Gasteiger partial charge in [0.1, 0.15) is 47.3 Å². The zero-order valence-corrected chi connectivity index (χ0v) is 21.4. The van der Waals surface area contributed by atoms with E-state index in [1.807, 2.05) is 36.3 Å². The monoisotopic (exact) mass is 530 g/mol. The molecule has 0 aliphatic carbocycles. The Morgan fingerprint density at radius 1 is 1.08 bits per heavy atom. The molecule has 1 unspecified atom stereocenters. The molecule has 1 saturated heterocycles. The molecule has 0 bridgehead atoms. The smallest absolute Gasteiger partial charge is 0.149 e. The average molecular weight is 531 g/mol. The number of nitrogens with two attached hydrogens (primary N) is 1. The molecule has 39 heavy (non-hydrogen) atoms. The first kappa shape index (κ1) is 24.9. The largest absolute Gasteiger partial charge is 0.356 e. The summed E-state index contributed by atoms with van der Waals surface area (Å²) in [4.78, 5) is 22.8. The Kier molecular flexibility index (Phi) is 6.61. The number of halogens is 2. The van der Waals surface area contributed by atoms with E-state index in [9.17, 15) is 8.78 Å². The minimum atomic E-state index is -0.679. The van der Waals surface area contributed by atoms with Crippen molar-refractivity contribution in [3.05, 3.63) is 72.7 Å². The van der Waals surface area contributed by atoms with E-state index in [0.717, 1.165) is 59.6 Å². The minimum absolute atomic E-state index is 0.0391. The predicted octanol–water partition coefficient (Wildman–Crippen LogP) is 4.36. The normalized spacial score (nSPS) is 15.1. The number of nitrogens with one attached hydrogen (secondary N) is 2. The van der Waals surface area contributed by atoms with Crippen molar-refractivity contribution in [2.45, 2.75) is 25.8 Å². The number of aromatic amines is 1. The van der Waals surface area contributed by atoms with Crippen molar-refractivity contribution < 1.29 is 8.78 Å². The summed E-state index contributed by atoms with van der Waals surface area (Å²) < 4.78 is 30.3. The van der Waals surface area contributed by atoms with Crippen molar-refractivity contribution in [1.29, 1.82) is 0 Å². The summed E-state index contributed by atoms with van der Waals surface area (Å²) in [7, 11) is 0. The topological polar surface area (TPSA) is 126 Å². The van der Waals surface area contributed by atoms with E-state index < -0.39 is 11.6 Å². The van der Waals surface area contributed by atoms with Gasteiger partial charge in [-0.15, -0.1) is 0 Å². The van der Waals surface area contributed by atoms with Gasteiger partial charge in [-0.3, -0.25) is 4.68 Å². The highest BCUT2D eigenvalue weighted by molar-refractivity contribution is 5.90. The van der Waals surface area contributed by atoms with Crippen molar-refractivity contribution in [1.82, 2.24) is 34.7 Å². The molecule has 4 N–H and O–H groups in total. The fourth-order valence-electron chi connectivity index (χ4n) is 5.38. The fourth-order valence-corrected chi connectivity index (χ4v) is 5.38. The Morgan fingerprint density at radius 2 is 1.85 bits per heavy atom. The summed E-state index contributed by atoms with van der Waals surface area (Å²) in [6.07, 6.45) is 10.4. The standard InChI is InChI=1S/C27H28F2N10/c1-16-25(37-24-20(28)3-2-4-21(24)29)33-15-35-27(16)38-9-6-17(7-10-38)22(11-30)39-13-18(12-36-39)23-19-5-8-31-26(19)34-14-32-23/h2-5,8,12-15,17,22H,6-7,9-11,30H2,1H3,(H,31,32,34)(H,33,35,37). The first-order valence-corrected chi connectivity index (χ1v) is 12.8. The van der Waals surface area contributed by atoms with Crippen molar-refractivity contribution in [2.24, 2.45) is 11.7 Å². The van der Waals surface area contributed by atoms with E-state index in [4.69, 9.17) is 5.73 Å². The SMILES string of the molecule is Cc1c(Nc2c(F)cccc2F)ncnc1N1CCC(C(CN)n2cc(-c3ncnc4[nH]ccc34)cn2)CC1. The van der Waals surface area contributed by atoms with Gasteiger partial charge in [0.05, 0.1) is 17.9 Å². The third kappa shape index (κ3) is 4.67. The summed E-state index contributed by atoms with van der Waals surface area (Å²) in [5.74, 6) is 0.0808. The second-order valence-electron chi connectivity index (χ2n) is 9.69. The van der Waals surface area contributed by atoms with Gasteiger partial charge in [-0.25, -0.2) is 28.7 Å². The highest BCUT2D eigenvalue weighted by Crippen LogP contribution is 2.34. The summed E-state index contributed by atoms with van der Waals surface area (Å²) in [5, 5.41) is 8.40. The average Bonchev–Trinajstić information content (AvgIpc) is 3.63. The van der Waals surface area contributed by atoms with Gasteiger partial charge in [0.2, 0.25) is 0 Å². The van der Waals surface area contributed by atoms with Crippen LogP contribution in [0.5, 0.6) is 0 Å². The summed E-state index contributed by atoms with van der Waals surface area (Å²) >= 11 is 0. The van der Waals surface area contributed by atoms with Crippen molar-refractivity contribution >= 4 is 28.4 Å². The fraction of sp³-hybridized carbons (Fsp3) is 0.296. The number of piperidine rings is 1. The third-order valence-corrected chi connectivity index (χ3v) is 7.46. The van der Waals surface area contributed by atoms with Gasteiger partial charge >= 0.3 is 0 Å². The molecule has 10 nitrogen and oxygen atoms in total. The van der Waals surface area contributed by atoms with Crippen LogP contribution < -0.4 is 16.0 Å². The van der Waals surface area contributed by atoms with Gasteiger partial charge < -0.3 is 20.9 Å². The van der Waals surface area contributed by atoms with Gasteiger partial charge in [-0.2, -0.15) is 5.10 Å².